The number of hydrogen-bond acceptors (Lipinski definition) is 7. The van der Waals surface area contributed by atoms with E-state index in [0.717, 1.165) is 24.3 Å². The van der Waals surface area contributed by atoms with Gasteiger partial charge in [-0.3, -0.25) is 9.59 Å². The number of ether oxygens (including phenoxy) is 4. The van der Waals surface area contributed by atoms with Crippen molar-refractivity contribution in [3.05, 3.63) is 46.7 Å². The van der Waals surface area contributed by atoms with Gasteiger partial charge in [-0.15, -0.1) is 11.3 Å². The highest BCUT2D eigenvalue weighted by Crippen LogP contribution is 2.33. The average Bonchev–Trinajstić information content (AvgIpc) is 3.58. The van der Waals surface area contributed by atoms with Crippen molar-refractivity contribution in [3.8, 4) is 11.5 Å². The third-order valence-corrected chi connectivity index (χ3v) is 6.78. The standard InChI is InChI=1S/C25H32N2O6S/c1-2-30-13-7-12-27(25(29)21-17-32-19-9-3-4-10-20(19)33-21)23(22-11-6-15-34-22)24(28)26-16-18-8-5-14-31-18/h3-4,6,9-11,15,18,21,23H,2,5,7-8,12-14,16-17H2,1H3,(H,26,28). The molecule has 3 unspecified atom stereocenters. The van der Waals surface area contributed by atoms with E-state index in [-0.39, 0.29) is 24.5 Å². The Balaban J connectivity index is 1.54. The molecule has 2 aliphatic rings. The molecule has 2 aromatic rings. The third kappa shape index (κ3) is 6.08. The van der Waals surface area contributed by atoms with E-state index in [1.165, 1.54) is 11.3 Å². The number of thiophene rings is 1. The van der Waals surface area contributed by atoms with Crippen molar-refractivity contribution in [2.24, 2.45) is 0 Å². The lowest BCUT2D eigenvalue weighted by Gasteiger charge is -2.35. The molecule has 0 radical (unpaired) electrons. The Morgan fingerprint density at radius 1 is 1.24 bits per heavy atom. The largest absolute Gasteiger partial charge is 0.485 e. The number of carbonyl (C=O) groups is 2. The number of benzene rings is 1. The molecule has 9 heteroatoms. The van der Waals surface area contributed by atoms with Gasteiger partial charge in [0.05, 0.1) is 6.10 Å². The molecule has 0 saturated carbocycles. The van der Waals surface area contributed by atoms with Gasteiger partial charge in [-0.05, 0) is 49.8 Å². The van der Waals surface area contributed by atoms with Crippen molar-refractivity contribution in [1.82, 2.24) is 10.2 Å². The SMILES string of the molecule is CCOCCCN(C(=O)C1COc2ccccc2O1)C(C(=O)NCC1CCCO1)c1cccs1. The Kier molecular flexibility index (Phi) is 8.79. The van der Waals surface area contributed by atoms with Crippen LogP contribution in [0, 0.1) is 0 Å². The average molecular weight is 489 g/mol. The molecule has 184 valence electrons. The molecule has 2 amide bonds. The number of nitrogens with one attached hydrogen (secondary N) is 1. The maximum atomic E-state index is 13.8. The molecule has 1 aromatic carbocycles. The Bertz CT molecular complexity index is 931. The normalized spacial score (nSPS) is 20.0. The lowest BCUT2D eigenvalue weighted by molar-refractivity contribution is -0.148. The highest BCUT2D eigenvalue weighted by molar-refractivity contribution is 7.10. The fourth-order valence-electron chi connectivity index (χ4n) is 4.16. The first kappa shape index (κ1) is 24.5. The molecule has 8 nitrogen and oxygen atoms in total. The monoisotopic (exact) mass is 488 g/mol. The van der Waals surface area contributed by atoms with Crippen LogP contribution in [0.2, 0.25) is 0 Å². The Hall–Kier alpha value is -2.62. The van der Waals surface area contributed by atoms with Crippen molar-refractivity contribution in [2.45, 2.75) is 44.4 Å². The molecule has 3 atom stereocenters. The summed E-state index contributed by atoms with van der Waals surface area (Å²) >= 11 is 1.45. The fourth-order valence-corrected chi connectivity index (χ4v) is 5.00. The Morgan fingerprint density at radius 3 is 2.82 bits per heavy atom. The maximum Gasteiger partial charge on any atom is 0.268 e. The minimum Gasteiger partial charge on any atom is -0.485 e. The number of amides is 2. The molecule has 0 aliphatic carbocycles. The van der Waals surface area contributed by atoms with Crippen molar-refractivity contribution in [2.75, 3.05) is 39.5 Å². The van der Waals surface area contributed by atoms with Gasteiger partial charge >= 0.3 is 0 Å². The van der Waals surface area contributed by atoms with Gasteiger partial charge in [-0.2, -0.15) is 0 Å². The van der Waals surface area contributed by atoms with Crippen molar-refractivity contribution < 1.29 is 28.5 Å². The van der Waals surface area contributed by atoms with Crippen LogP contribution in [0.15, 0.2) is 41.8 Å². The number of nitrogens with zero attached hydrogens (tertiary/aromatic N) is 1. The summed E-state index contributed by atoms with van der Waals surface area (Å²) in [5.74, 6) is 0.631. The molecule has 2 aliphatic heterocycles. The zero-order chi connectivity index (χ0) is 23.8. The van der Waals surface area contributed by atoms with Gasteiger partial charge in [0, 0.05) is 37.8 Å². The third-order valence-electron chi connectivity index (χ3n) is 5.86. The van der Waals surface area contributed by atoms with E-state index in [1.54, 1.807) is 11.0 Å². The van der Waals surface area contributed by atoms with Gasteiger partial charge in [-0.1, -0.05) is 18.2 Å². The molecule has 1 fully saturated rings. The minimum absolute atomic E-state index is 0.0154. The molecule has 0 spiro atoms. The summed E-state index contributed by atoms with van der Waals surface area (Å²) in [5, 5.41) is 4.93. The van der Waals surface area contributed by atoms with E-state index in [0.29, 0.717) is 44.2 Å². The smallest absolute Gasteiger partial charge is 0.268 e. The van der Waals surface area contributed by atoms with E-state index in [9.17, 15) is 9.59 Å². The summed E-state index contributed by atoms with van der Waals surface area (Å²) in [6.07, 6.45) is 1.70. The van der Waals surface area contributed by atoms with Crippen LogP contribution in [0.1, 0.15) is 37.1 Å². The van der Waals surface area contributed by atoms with Crippen LogP contribution in [0.3, 0.4) is 0 Å². The second-order valence-corrected chi connectivity index (χ2v) is 9.22. The lowest BCUT2D eigenvalue weighted by Crippen LogP contribution is -2.51. The van der Waals surface area contributed by atoms with E-state index < -0.39 is 12.1 Å². The first-order valence-electron chi connectivity index (χ1n) is 11.9. The van der Waals surface area contributed by atoms with Crippen molar-refractivity contribution in [1.29, 1.82) is 0 Å². The highest BCUT2D eigenvalue weighted by Gasteiger charge is 2.38. The van der Waals surface area contributed by atoms with Crippen molar-refractivity contribution >= 4 is 23.2 Å². The maximum absolute atomic E-state index is 13.8. The molecule has 1 aromatic heterocycles. The summed E-state index contributed by atoms with van der Waals surface area (Å²) in [6, 6.07) is 10.3. The van der Waals surface area contributed by atoms with Crippen molar-refractivity contribution in [3.63, 3.8) is 0 Å². The van der Waals surface area contributed by atoms with E-state index in [1.807, 2.05) is 42.6 Å². The van der Waals surface area contributed by atoms with Crippen LogP contribution in [-0.2, 0) is 19.1 Å². The predicted molar refractivity (Wildman–Crippen MR) is 128 cm³/mol. The topological polar surface area (TPSA) is 86.3 Å². The summed E-state index contributed by atoms with van der Waals surface area (Å²) in [5.41, 5.74) is 0. The molecule has 1 saturated heterocycles. The van der Waals surface area contributed by atoms with Gasteiger partial charge in [-0.25, -0.2) is 0 Å². The molecule has 34 heavy (non-hydrogen) atoms. The van der Waals surface area contributed by atoms with Gasteiger partial charge < -0.3 is 29.2 Å². The van der Waals surface area contributed by atoms with Crippen LogP contribution < -0.4 is 14.8 Å². The zero-order valence-electron chi connectivity index (χ0n) is 19.4. The second kappa shape index (κ2) is 12.2. The highest BCUT2D eigenvalue weighted by atomic mass is 32.1. The van der Waals surface area contributed by atoms with Crippen LogP contribution in [0.25, 0.3) is 0 Å². The summed E-state index contributed by atoms with van der Waals surface area (Å²) in [6.45, 7) is 4.62. The summed E-state index contributed by atoms with van der Waals surface area (Å²) < 4.78 is 22.9. The first-order valence-corrected chi connectivity index (χ1v) is 12.7. The molecule has 1 N–H and O–H groups in total. The predicted octanol–water partition coefficient (Wildman–Crippen LogP) is 3.18. The Labute approximate surface area is 204 Å². The van der Waals surface area contributed by atoms with Gasteiger partial charge in [0.15, 0.2) is 11.5 Å². The Morgan fingerprint density at radius 2 is 2.09 bits per heavy atom. The van der Waals surface area contributed by atoms with Crippen LogP contribution in [0.4, 0.5) is 0 Å². The number of carbonyl (C=O) groups excluding carboxylic acids is 2. The summed E-state index contributed by atoms with van der Waals surface area (Å²) in [7, 11) is 0. The lowest BCUT2D eigenvalue weighted by atomic mass is 10.1. The summed E-state index contributed by atoms with van der Waals surface area (Å²) in [4.78, 5) is 29.6. The van der Waals surface area contributed by atoms with E-state index >= 15 is 0 Å². The number of hydrogen-bond donors (Lipinski definition) is 1. The van der Waals surface area contributed by atoms with E-state index in [2.05, 4.69) is 5.32 Å². The van der Waals surface area contributed by atoms with Crippen LogP contribution >= 0.6 is 11.3 Å². The van der Waals surface area contributed by atoms with Gasteiger partial charge in [0.1, 0.15) is 12.6 Å². The van der Waals surface area contributed by atoms with Gasteiger partial charge in [0.25, 0.3) is 5.91 Å². The first-order chi connectivity index (χ1) is 16.7. The number of fused-ring (bicyclic) bond motifs is 1. The second-order valence-electron chi connectivity index (χ2n) is 8.24. The zero-order valence-corrected chi connectivity index (χ0v) is 20.3. The number of rotatable bonds is 11. The van der Waals surface area contributed by atoms with Crippen LogP contribution in [-0.4, -0.2) is 68.4 Å². The molecular formula is C25H32N2O6S. The molecule has 3 heterocycles. The number of para-hydroxylation sites is 2. The van der Waals surface area contributed by atoms with E-state index in [4.69, 9.17) is 18.9 Å². The van der Waals surface area contributed by atoms with Gasteiger partial charge in [0.2, 0.25) is 12.0 Å². The molecule has 0 bridgehead atoms. The minimum atomic E-state index is -0.838. The molecule has 4 rings (SSSR count). The molecular weight excluding hydrogens is 456 g/mol. The quantitative estimate of drug-likeness (QED) is 0.489. The fraction of sp³-hybridized carbons (Fsp3) is 0.520. The van der Waals surface area contributed by atoms with Crippen LogP contribution in [0.5, 0.6) is 11.5 Å².